The molecular weight excluding hydrogens is 386 g/mol. The first-order valence-corrected chi connectivity index (χ1v) is 7.85. The summed E-state index contributed by atoms with van der Waals surface area (Å²) in [6.07, 6.45) is 0. The first-order chi connectivity index (χ1) is 13.2. The fourth-order valence-corrected chi connectivity index (χ4v) is 3.75. The molecule has 0 heterocycles. The molecule has 0 radical (unpaired) electrons. The van der Waals surface area contributed by atoms with Crippen LogP contribution in [0.4, 0.5) is 26.3 Å². The monoisotopic (exact) mass is 390 g/mol. The number of hydrogen-bond acceptors (Lipinski definition) is 2. The minimum Gasteiger partial charge on any atom is -0.288 e. The summed E-state index contributed by atoms with van der Waals surface area (Å²) < 4.78 is 82.5. The average Bonchev–Trinajstić information content (AvgIpc) is 3.09. The van der Waals surface area contributed by atoms with E-state index in [0.717, 1.165) is 12.1 Å². The molecule has 0 fully saturated rings. The fraction of sp³-hybridized carbons (Fsp3) is 0. The summed E-state index contributed by atoms with van der Waals surface area (Å²) in [7, 11) is 0. The Morgan fingerprint density at radius 2 is 0.786 bits per heavy atom. The van der Waals surface area contributed by atoms with Gasteiger partial charge in [0.15, 0.2) is 45.8 Å². The second-order valence-electron chi connectivity index (χ2n) is 6.42. The fourth-order valence-electron chi connectivity index (χ4n) is 3.75. The highest BCUT2D eigenvalue weighted by Crippen LogP contribution is 2.35. The molecule has 0 aliphatic rings. The maximum absolute atomic E-state index is 14.1. The van der Waals surface area contributed by atoms with Crippen LogP contribution in [0.2, 0.25) is 0 Å². The van der Waals surface area contributed by atoms with Crippen LogP contribution in [0, 0.1) is 34.9 Å². The standard InChI is InChI=1S/C20H4F6O2/c21-11-3-7-5-1-9-6(2-10(5)20(28)13(7)17(25)15(11)23)8-4-12(22)16(24)18(26)14(8)19(9)27/h1-4H. The molecule has 2 nitrogen and oxygen atoms in total. The zero-order chi connectivity index (χ0) is 20.1. The van der Waals surface area contributed by atoms with Gasteiger partial charge in [0.05, 0.1) is 10.8 Å². The third kappa shape index (κ3) is 1.79. The summed E-state index contributed by atoms with van der Waals surface area (Å²) in [4.78, 5) is 25.1. The maximum atomic E-state index is 14.1. The topological polar surface area (TPSA) is 34.1 Å². The van der Waals surface area contributed by atoms with Crippen molar-refractivity contribution in [2.24, 2.45) is 0 Å². The van der Waals surface area contributed by atoms with Gasteiger partial charge in [0.1, 0.15) is 0 Å². The smallest absolute Gasteiger partial charge is 0.197 e. The van der Waals surface area contributed by atoms with Crippen LogP contribution >= 0.6 is 0 Å². The van der Waals surface area contributed by atoms with E-state index in [9.17, 15) is 35.9 Å². The minimum absolute atomic E-state index is 0.0564. The Kier molecular flexibility index (Phi) is 3.04. The molecule has 5 aromatic carbocycles. The molecule has 8 heteroatoms. The largest absolute Gasteiger partial charge is 0.288 e. The Balaban J connectivity index is 2.09. The van der Waals surface area contributed by atoms with Gasteiger partial charge in [0, 0.05) is 10.8 Å². The van der Waals surface area contributed by atoms with Gasteiger partial charge in [-0.2, -0.15) is 0 Å². The highest BCUT2D eigenvalue weighted by atomic mass is 19.2. The summed E-state index contributed by atoms with van der Waals surface area (Å²) >= 11 is 0. The Labute approximate surface area is 149 Å². The highest BCUT2D eigenvalue weighted by molar-refractivity contribution is 6.21. The van der Waals surface area contributed by atoms with E-state index in [1.165, 1.54) is 0 Å². The van der Waals surface area contributed by atoms with Crippen LogP contribution in [0.3, 0.4) is 0 Å². The van der Waals surface area contributed by atoms with Gasteiger partial charge in [-0.3, -0.25) is 9.59 Å². The predicted molar refractivity (Wildman–Crippen MR) is 91.1 cm³/mol. The summed E-state index contributed by atoms with van der Waals surface area (Å²) in [6.45, 7) is 0. The molecule has 0 atom stereocenters. The van der Waals surface area contributed by atoms with Gasteiger partial charge in [-0.05, 0) is 45.8 Å². The van der Waals surface area contributed by atoms with E-state index in [1.54, 1.807) is 0 Å². The first kappa shape index (κ1) is 16.7. The number of hydrogen-bond donors (Lipinski definition) is 0. The molecule has 0 amide bonds. The molecule has 0 N–H and O–H groups in total. The van der Waals surface area contributed by atoms with E-state index in [2.05, 4.69) is 0 Å². The maximum Gasteiger partial charge on any atom is 0.197 e. The molecule has 28 heavy (non-hydrogen) atoms. The molecule has 0 saturated carbocycles. The van der Waals surface area contributed by atoms with Crippen LogP contribution in [-0.2, 0) is 0 Å². The van der Waals surface area contributed by atoms with Gasteiger partial charge < -0.3 is 0 Å². The van der Waals surface area contributed by atoms with E-state index < -0.39 is 56.5 Å². The lowest BCUT2D eigenvalue weighted by Gasteiger charge is -1.98. The molecule has 0 unspecified atom stereocenters. The molecule has 0 spiro atoms. The quantitative estimate of drug-likeness (QED) is 0.283. The van der Waals surface area contributed by atoms with Crippen LogP contribution in [0.25, 0.3) is 43.1 Å². The number of fused-ring (bicyclic) bond motifs is 6. The van der Waals surface area contributed by atoms with Crippen molar-refractivity contribution in [3.8, 4) is 0 Å². The van der Waals surface area contributed by atoms with Gasteiger partial charge in [0.2, 0.25) is 0 Å². The normalized spacial score (nSPS) is 12.2. The van der Waals surface area contributed by atoms with Crippen LogP contribution in [0.5, 0.6) is 0 Å². The van der Waals surface area contributed by atoms with Gasteiger partial charge in [-0.15, -0.1) is 0 Å². The zero-order valence-electron chi connectivity index (χ0n) is 13.4. The van der Waals surface area contributed by atoms with E-state index in [4.69, 9.17) is 0 Å². The second kappa shape index (κ2) is 5.09. The first-order valence-electron chi connectivity index (χ1n) is 7.85. The van der Waals surface area contributed by atoms with Crippen molar-refractivity contribution in [2.75, 3.05) is 0 Å². The van der Waals surface area contributed by atoms with Crippen molar-refractivity contribution in [1.82, 2.24) is 0 Å². The van der Waals surface area contributed by atoms with Gasteiger partial charge in [-0.25, -0.2) is 26.3 Å². The van der Waals surface area contributed by atoms with Crippen molar-refractivity contribution in [2.45, 2.75) is 0 Å². The molecule has 5 rings (SSSR count). The number of benzene rings is 3. The lowest BCUT2D eigenvalue weighted by atomic mass is 10.1. The zero-order valence-corrected chi connectivity index (χ0v) is 13.4. The van der Waals surface area contributed by atoms with Gasteiger partial charge in [0.25, 0.3) is 0 Å². The molecular formula is C20H4F6O2. The molecule has 0 aromatic heterocycles. The lowest BCUT2D eigenvalue weighted by Crippen LogP contribution is -2.00. The summed E-state index contributed by atoms with van der Waals surface area (Å²) in [6, 6.07) is 3.41. The Morgan fingerprint density at radius 3 is 1.14 bits per heavy atom. The SMILES string of the molecule is O=c1c2cc3c(cc2c2cc(F)c(F)c(F)c12)c(=O)c1c(F)c(F)c(F)cc13. The third-order valence-electron chi connectivity index (χ3n) is 5.01. The highest BCUT2D eigenvalue weighted by Gasteiger charge is 2.24. The van der Waals surface area contributed by atoms with E-state index in [1.807, 2.05) is 0 Å². The molecule has 138 valence electrons. The molecule has 5 aromatic rings. The lowest BCUT2D eigenvalue weighted by molar-refractivity contribution is 0.453. The van der Waals surface area contributed by atoms with E-state index in [0.29, 0.717) is 12.1 Å². The Hall–Kier alpha value is -3.42. The predicted octanol–water partition coefficient (Wildman–Crippen LogP) is 4.73. The summed E-state index contributed by atoms with van der Waals surface area (Å²) in [5.74, 6) is -10.0. The van der Waals surface area contributed by atoms with Crippen molar-refractivity contribution < 1.29 is 26.3 Å². The van der Waals surface area contributed by atoms with Crippen LogP contribution in [-0.4, -0.2) is 0 Å². The minimum atomic E-state index is -1.81. The average molecular weight is 390 g/mol. The number of halogens is 6. The van der Waals surface area contributed by atoms with Gasteiger partial charge in [-0.1, -0.05) is 0 Å². The van der Waals surface area contributed by atoms with Crippen LogP contribution in [0.1, 0.15) is 0 Å². The van der Waals surface area contributed by atoms with Crippen LogP contribution in [0.15, 0.2) is 33.9 Å². The van der Waals surface area contributed by atoms with Crippen LogP contribution < -0.4 is 10.9 Å². The Bertz CT molecular complexity index is 1490. The summed E-state index contributed by atoms with van der Waals surface area (Å²) in [5.41, 5.74) is -1.93. The Morgan fingerprint density at radius 1 is 0.429 bits per heavy atom. The van der Waals surface area contributed by atoms with Crippen molar-refractivity contribution in [3.63, 3.8) is 0 Å². The molecule has 0 aliphatic heterocycles. The second-order valence-corrected chi connectivity index (χ2v) is 6.42. The van der Waals surface area contributed by atoms with Gasteiger partial charge >= 0.3 is 0 Å². The third-order valence-corrected chi connectivity index (χ3v) is 5.01. The van der Waals surface area contributed by atoms with Crippen molar-refractivity contribution >= 4 is 43.1 Å². The number of rotatable bonds is 0. The van der Waals surface area contributed by atoms with E-state index in [-0.39, 0.29) is 32.3 Å². The van der Waals surface area contributed by atoms with E-state index >= 15 is 0 Å². The molecule has 0 bridgehead atoms. The molecule has 0 saturated heterocycles. The molecule has 0 aliphatic carbocycles. The summed E-state index contributed by atoms with van der Waals surface area (Å²) in [5, 5.41) is -2.41. The van der Waals surface area contributed by atoms with Crippen molar-refractivity contribution in [3.05, 3.63) is 79.6 Å². The van der Waals surface area contributed by atoms with Crippen molar-refractivity contribution in [1.29, 1.82) is 0 Å².